The van der Waals surface area contributed by atoms with Gasteiger partial charge in [0.05, 0.1) is 24.2 Å². The van der Waals surface area contributed by atoms with Gasteiger partial charge in [0.2, 0.25) is 6.79 Å². The van der Waals surface area contributed by atoms with Crippen molar-refractivity contribution in [2.45, 2.75) is 25.9 Å². The number of carbonyl (C=O) groups excluding carboxylic acids is 1. The van der Waals surface area contributed by atoms with Crippen molar-refractivity contribution in [3.63, 3.8) is 0 Å². The summed E-state index contributed by atoms with van der Waals surface area (Å²) in [5.74, 6) is 1.25. The molecule has 1 saturated heterocycles. The van der Waals surface area contributed by atoms with E-state index in [4.69, 9.17) is 9.47 Å². The molecule has 0 spiro atoms. The number of rotatable bonds is 6. The molecule has 0 atom stereocenters. The number of aromatic nitrogens is 2. The molecule has 9 nitrogen and oxygen atoms in total. The van der Waals surface area contributed by atoms with E-state index in [2.05, 4.69) is 20.6 Å². The van der Waals surface area contributed by atoms with Gasteiger partial charge in [-0.3, -0.25) is 4.79 Å². The van der Waals surface area contributed by atoms with Crippen molar-refractivity contribution in [3.8, 4) is 11.5 Å². The molecule has 1 fully saturated rings. The van der Waals surface area contributed by atoms with Crippen molar-refractivity contribution in [1.29, 1.82) is 0 Å². The van der Waals surface area contributed by atoms with Crippen LogP contribution in [0.25, 0.3) is 10.8 Å². The van der Waals surface area contributed by atoms with Crippen molar-refractivity contribution < 1.29 is 14.3 Å². The lowest BCUT2D eigenvalue weighted by atomic mass is 10.1. The maximum Gasteiger partial charge on any atom is 0.319 e. The molecular formula is C23H25N5O4. The second-order valence-corrected chi connectivity index (χ2v) is 7.95. The van der Waals surface area contributed by atoms with Crippen molar-refractivity contribution in [2.75, 3.05) is 31.7 Å². The van der Waals surface area contributed by atoms with Crippen LogP contribution in [-0.2, 0) is 13.1 Å². The van der Waals surface area contributed by atoms with E-state index in [0.29, 0.717) is 34.8 Å². The fourth-order valence-corrected chi connectivity index (χ4v) is 4.14. The van der Waals surface area contributed by atoms with Crippen LogP contribution in [0.3, 0.4) is 0 Å². The van der Waals surface area contributed by atoms with E-state index in [0.717, 1.165) is 25.0 Å². The van der Waals surface area contributed by atoms with Crippen LogP contribution in [0.15, 0.2) is 47.3 Å². The van der Waals surface area contributed by atoms with Crippen LogP contribution in [0.1, 0.15) is 18.5 Å². The van der Waals surface area contributed by atoms with Gasteiger partial charge in [-0.05, 0) is 44.1 Å². The van der Waals surface area contributed by atoms with Gasteiger partial charge in [0.1, 0.15) is 0 Å². The fourth-order valence-electron chi connectivity index (χ4n) is 4.14. The summed E-state index contributed by atoms with van der Waals surface area (Å²) >= 11 is 0. The van der Waals surface area contributed by atoms with Crippen molar-refractivity contribution >= 4 is 22.5 Å². The summed E-state index contributed by atoms with van der Waals surface area (Å²) in [6.45, 7) is 3.83. The predicted octanol–water partition coefficient (Wildman–Crippen LogP) is 2.54. The number of likely N-dealkylation sites (tertiary alicyclic amines) is 1. The van der Waals surface area contributed by atoms with Gasteiger partial charge in [-0.1, -0.05) is 18.2 Å². The normalized spacial score (nSPS) is 15.2. The maximum absolute atomic E-state index is 12.9. The number of anilines is 1. The molecule has 0 aliphatic carbocycles. The van der Waals surface area contributed by atoms with Gasteiger partial charge in [-0.25, -0.2) is 9.48 Å². The number of urea groups is 1. The number of fused-ring (bicyclic) bond motifs is 2. The third-order valence-electron chi connectivity index (χ3n) is 5.82. The Morgan fingerprint density at radius 3 is 2.62 bits per heavy atom. The van der Waals surface area contributed by atoms with Crippen LogP contribution in [0.4, 0.5) is 10.5 Å². The molecule has 0 bridgehead atoms. The summed E-state index contributed by atoms with van der Waals surface area (Å²) in [7, 11) is 0. The molecule has 3 heterocycles. The van der Waals surface area contributed by atoms with Gasteiger partial charge >= 0.3 is 6.03 Å². The average Bonchev–Trinajstić information content (AvgIpc) is 3.50. The van der Waals surface area contributed by atoms with E-state index in [9.17, 15) is 9.59 Å². The molecule has 3 aromatic rings. The van der Waals surface area contributed by atoms with E-state index in [1.165, 1.54) is 17.5 Å². The monoisotopic (exact) mass is 435 g/mol. The molecule has 2 aliphatic rings. The highest BCUT2D eigenvalue weighted by atomic mass is 16.7. The summed E-state index contributed by atoms with van der Waals surface area (Å²) < 4.78 is 12.2. The van der Waals surface area contributed by atoms with Crippen molar-refractivity contribution in [2.24, 2.45) is 0 Å². The Bertz CT molecular complexity index is 1200. The Labute approximate surface area is 184 Å². The molecule has 2 aliphatic heterocycles. The smallest absolute Gasteiger partial charge is 0.319 e. The SMILES string of the molecule is O=C(NCc1nn(CCN2CCCC2)c(=O)c2ccccc12)Nc1ccc2c(c1)OCO2. The summed E-state index contributed by atoms with van der Waals surface area (Å²) in [4.78, 5) is 27.7. The fraction of sp³-hybridized carbons (Fsp3) is 0.348. The largest absolute Gasteiger partial charge is 0.454 e. The maximum atomic E-state index is 12.9. The third kappa shape index (κ3) is 4.24. The molecule has 166 valence electrons. The Balaban J connectivity index is 1.30. The van der Waals surface area contributed by atoms with Gasteiger partial charge in [0.25, 0.3) is 5.56 Å². The molecule has 0 saturated carbocycles. The standard InChI is InChI=1S/C23H25N5O4/c29-22-18-6-2-1-5-17(18)19(26-28(22)12-11-27-9-3-4-10-27)14-24-23(30)25-16-7-8-20-21(13-16)32-15-31-20/h1-2,5-8,13H,3-4,9-12,14-15H2,(H2,24,25,30). The number of benzene rings is 2. The van der Waals surface area contributed by atoms with Crippen LogP contribution in [0.5, 0.6) is 11.5 Å². The minimum Gasteiger partial charge on any atom is -0.454 e. The first-order chi connectivity index (χ1) is 15.7. The highest BCUT2D eigenvalue weighted by Gasteiger charge is 2.16. The molecule has 2 N–H and O–H groups in total. The molecule has 1 aromatic heterocycles. The second kappa shape index (κ2) is 8.88. The molecule has 0 unspecified atom stereocenters. The zero-order chi connectivity index (χ0) is 21.9. The first-order valence-electron chi connectivity index (χ1n) is 10.8. The Kier molecular flexibility index (Phi) is 5.64. The van der Waals surface area contributed by atoms with Crippen LogP contribution in [0.2, 0.25) is 0 Å². The lowest BCUT2D eigenvalue weighted by molar-refractivity contribution is 0.174. The van der Waals surface area contributed by atoms with Crippen molar-refractivity contribution in [1.82, 2.24) is 20.0 Å². The van der Waals surface area contributed by atoms with Gasteiger partial charge in [0.15, 0.2) is 11.5 Å². The third-order valence-corrected chi connectivity index (χ3v) is 5.82. The first-order valence-corrected chi connectivity index (χ1v) is 10.8. The summed E-state index contributed by atoms with van der Waals surface area (Å²) in [6.07, 6.45) is 2.40. The zero-order valence-electron chi connectivity index (χ0n) is 17.7. The Hall–Kier alpha value is -3.59. The number of ether oxygens (including phenoxy) is 2. The summed E-state index contributed by atoms with van der Waals surface area (Å²) in [5, 5.41) is 11.6. The Morgan fingerprint density at radius 2 is 1.78 bits per heavy atom. The van der Waals surface area contributed by atoms with Crippen LogP contribution >= 0.6 is 0 Å². The molecular weight excluding hydrogens is 410 g/mol. The predicted molar refractivity (Wildman–Crippen MR) is 120 cm³/mol. The van der Waals surface area contributed by atoms with Crippen LogP contribution < -0.4 is 25.7 Å². The molecule has 2 amide bonds. The highest BCUT2D eigenvalue weighted by molar-refractivity contribution is 5.90. The van der Waals surface area contributed by atoms with E-state index < -0.39 is 0 Å². The number of nitrogens with one attached hydrogen (secondary N) is 2. The summed E-state index contributed by atoms with van der Waals surface area (Å²) in [6, 6.07) is 12.2. The minimum atomic E-state index is -0.371. The minimum absolute atomic E-state index is 0.103. The Morgan fingerprint density at radius 1 is 1.00 bits per heavy atom. The topological polar surface area (TPSA) is 97.7 Å². The molecule has 9 heteroatoms. The number of carbonyl (C=O) groups is 1. The quantitative estimate of drug-likeness (QED) is 0.618. The number of hydrogen-bond donors (Lipinski definition) is 2. The molecule has 32 heavy (non-hydrogen) atoms. The van der Waals surface area contributed by atoms with E-state index in [1.807, 2.05) is 24.3 Å². The second-order valence-electron chi connectivity index (χ2n) is 7.95. The molecule has 0 radical (unpaired) electrons. The summed E-state index contributed by atoms with van der Waals surface area (Å²) in [5.41, 5.74) is 1.15. The number of amides is 2. The molecule has 2 aromatic carbocycles. The highest BCUT2D eigenvalue weighted by Crippen LogP contribution is 2.34. The van der Waals surface area contributed by atoms with Gasteiger partial charge in [-0.2, -0.15) is 5.10 Å². The van der Waals surface area contributed by atoms with Gasteiger partial charge < -0.3 is 25.0 Å². The number of nitrogens with zero attached hydrogens (tertiary/aromatic N) is 3. The first kappa shape index (κ1) is 20.3. The lowest BCUT2D eigenvalue weighted by Crippen LogP contribution is -2.33. The number of hydrogen-bond acceptors (Lipinski definition) is 6. The van der Waals surface area contributed by atoms with Crippen LogP contribution in [0, 0.1) is 0 Å². The van der Waals surface area contributed by atoms with Crippen LogP contribution in [-0.4, -0.2) is 47.1 Å². The lowest BCUT2D eigenvalue weighted by Gasteiger charge is -2.16. The van der Waals surface area contributed by atoms with Crippen molar-refractivity contribution in [3.05, 3.63) is 58.5 Å². The zero-order valence-corrected chi connectivity index (χ0v) is 17.7. The van der Waals surface area contributed by atoms with E-state index >= 15 is 0 Å². The van der Waals surface area contributed by atoms with Gasteiger partial charge in [-0.15, -0.1) is 0 Å². The molecule has 5 rings (SSSR count). The average molecular weight is 435 g/mol. The van der Waals surface area contributed by atoms with E-state index in [1.54, 1.807) is 18.2 Å². The van der Waals surface area contributed by atoms with E-state index in [-0.39, 0.29) is 24.9 Å². The van der Waals surface area contributed by atoms with Gasteiger partial charge in [0, 0.05) is 23.7 Å².